The highest BCUT2D eigenvalue weighted by atomic mass is 16.3. The number of aliphatic hydroxyl groups is 1. The van der Waals surface area contributed by atoms with Crippen molar-refractivity contribution in [3.05, 3.63) is 0 Å². The van der Waals surface area contributed by atoms with Crippen molar-refractivity contribution < 1.29 is 5.11 Å². The van der Waals surface area contributed by atoms with Crippen LogP contribution in [-0.4, -0.2) is 11.2 Å². The second-order valence-corrected chi connectivity index (χ2v) is 3.48. The minimum atomic E-state index is -0.0603. The van der Waals surface area contributed by atoms with Gasteiger partial charge in [-0.1, -0.05) is 40.0 Å². The molecule has 0 spiro atoms. The van der Waals surface area contributed by atoms with Crippen LogP contribution < -0.4 is 0 Å². The summed E-state index contributed by atoms with van der Waals surface area (Å²) in [5, 5.41) is 9.58. The Hall–Kier alpha value is -0.0400. The highest BCUT2D eigenvalue weighted by Crippen LogP contribution is 2.15. The lowest BCUT2D eigenvalue weighted by molar-refractivity contribution is 0.100. The topological polar surface area (TPSA) is 20.2 Å². The maximum Gasteiger partial charge on any atom is 0.0565 e. The molecule has 0 bridgehead atoms. The molecule has 0 rings (SSSR count). The van der Waals surface area contributed by atoms with E-state index in [0.29, 0.717) is 5.92 Å². The molecule has 11 heavy (non-hydrogen) atoms. The predicted molar refractivity (Wildman–Crippen MR) is 49.6 cm³/mol. The van der Waals surface area contributed by atoms with Crippen molar-refractivity contribution in [3.63, 3.8) is 0 Å². The van der Waals surface area contributed by atoms with Gasteiger partial charge in [0.05, 0.1) is 6.10 Å². The summed E-state index contributed by atoms with van der Waals surface area (Å²) in [5.74, 6) is 0.492. The molecule has 1 N–H and O–H groups in total. The van der Waals surface area contributed by atoms with Crippen molar-refractivity contribution in [2.24, 2.45) is 5.92 Å². The Morgan fingerprint density at radius 2 is 1.73 bits per heavy atom. The average molecular weight is 158 g/mol. The molecular formula is C10H22O. The van der Waals surface area contributed by atoms with Crippen LogP contribution in [0.2, 0.25) is 0 Å². The molecule has 0 amide bonds. The number of aliphatic hydroxyl groups excluding tert-OH is 1. The quantitative estimate of drug-likeness (QED) is 0.630. The lowest BCUT2D eigenvalue weighted by atomic mass is 9.95. The van der Waals surface area contributed by atoms with Gasteiger partial charge in [-0.2, -0.15) is 0 Å². The summed E-state index contributed by atoms with van der Waals surface area (Å²) >= 11 is 0. The summed E-state index contributed by atoms with van der Waals surface area (Å²) in [7, 11) is 0. The summed E-state index contributed by atoms with van der Waals surface area (Å²) in [6.45, 7) is 6.48. The van der Waals surface area contributed by atoms with E-state index in [9.17, 15) is 5.11 Å². The van der Waals surface area contributed by atoms with Gasteiger partial charge in [-0.25, -0.2) is 0 Å². The van der Waals surface area contributed by atoms with Gasteiger partial charge in [-0.3, -0.25) is 0 Å². The Morgan fingerprint density at radius 3 is 2.18 bits per heavy atom. The summed E-state index contributed by atoms with van der Waals surface area (Å²) in [6, 6.07) is 0. The van der Waals surface area contributed by atoms with E-state index in [0.717, 1.165) is 19.3 Å². The predicted octanol–water partition coefficient (Wildman–Crippen LogP) is 2.97. The van der Waals surface area contributed by atoms with Gasteiger partial charge in [0.15, 0.2) is 0 Å². The zero-order valence-electron chi connectivity index (χ0n) is 8.14. The van der Waals surface area contributed by atoms with Gasteiger partial charge >= 0.3 is 0 Å². The summed E-state index contributed by atoms with van der Waals surface area (Å²) in [6.07, 6.45) is 5.62. The number of hydrogen-bond acceptors (Lipinski definition) is 1. The molecule has 1 unspecified atom stereocenters. The molecule has 68 valence electrons. The van der Waals surface area contributed by atoms with Crippen molar-refractivity contribution in [3.8, 4) is 0 Å². The van der Waals surface area contributed by atoms with Gasteiger partial charge in [-0.05, 0) is 18.8 Å². The highest BCUT2D eigenvalue weighted by molar-refractivity contribution is 4.63. The van der Waals surface area contributed by atoms with Crippen molar-refractivity contribution in [1.29, 1.82) is 0 Å². The maximum absolute atomic E-state index is 9.58. The summed E-state index contributed by atoms with van der Waals surface area (Å²) < 4.78 is 0. The molecule has 0 aromatic carbocycles. The molecule has 0 heterocycles. The van der Waals surface area contributed by atoms with Gasteiger partial charge < -0.3 is 5.11 Å². The third-order valence-electron chi connectivity index (χ3n) is 2.25. The Morgan fingerprint density at radius 1 is 1.09 bits per heavy atom. The van der Waals surface area contributed by atoms with E-state index in [1.165, 1.54) is 12.8 Å². The fourth-order valence-electron chi connectivity index (χ4n) is 1.35. The van der Waals surface area contributed by atoms with E-state index >= 15 is 0 Å². The third kappa shape index (κ3) is 5.25. The maximum atomic E-state index is 9.58. The van der Waals surface area contributed by atoms with E-state index < -0.39 is 0 Å². The minimum Gasteiger partial charge on any atom is -0.393 e. The standard InChI is InChI=1S/C10H22O/c1-4-6-8-10(11)9(3)7-5-2/h9-11H,4-8H2,1-3H3/t9?,10-/m1/s1. The molecule has 0 aliphatic heterocycles. The summed E-state index contributed by atoms with van der Waals surface area (Å²) in [5.41, 5.74) is 0. The fourth-order valence-corrected chi connectivity index (χ4v) is 1.35. The zero-order valence-corrected chi connectivity index (χ0v) is 8.14. The van der Waals surface area contributed by atoms with Gasteiger partial charge in [0, 0.05) is 0 Å². The van der Waals surface area contributed by atoms with Crippen LogP contribution in [0.25, 0.3) is 0 Å². The van der Waals surface area contributed by atoms with Crippen LogP contribution in [-0.2, 0) is 0 Å². The smallest absolute Gasteiger partial charge is 0.0565 e. The first-order valence-electron chi connectivity index (χ1n) is 4.90. The average Bonchev–Trinajstić information content (AvgIpc) is 2.00. The summed E-state index contributed by atoms with van der Waals surface area (Å²) in [4.78, 5) is 0. The van der Waals surface area contributed by atoms with Crippen molar-refractivity contribution in [2.75, 3.05) is 0 Å². The molecule has 0 aliphatic rings. The van der Waals surface area contributed by atoms with E-state index in [2.05, 4.69) is 20.8 Å². The molecule has 2 atom stereocenters. The third-order valence-corrected chi connectivity index (χ3v) is 2.25. The minimum absolute atomic E-state index is 0.0603. The van der Waals surface area contributed by atoms with Crippen LogP contribution in [0.1, 0.15) is 52.9 Å². The van der Waals surface area contributed by atoms with Gasteiger partial charge in [0.1, 0.15) is 0 Å². The van der Waals surface area contributed by atoms with Gasteiger partial charge in [0.25, 0.3) is 0 Å². The van der Waals surface area contributed by atoms with Gasteiger partial charge in [0.2, 0.25) is 0 Å². The van der Waals surface area contributed by atoms with Crippen LogP contribution in [0.15, 0.2) is 0 Å². The molecule has 0 fully saturated rings. The molecule has 0 saturated carbocycles. The van der Waals surface area contributed by atoms with Crippen LogP contribution in [0.4, 0.5) is 0 Å². The molecule has 0 aliphatic carbocycles. The normalized spacial score (nSPS) is 16.4. The first-order chi connectivity index (χ1) is 5.22. The van der Waals surface area contributed by atoms with Crippen molar-refractivity contribution >= 4 is 0 Å². The molecule has 0 saturated heterocycles. The molecule has 0 radical (unpaired) electrons. The molecular weight excluding hydrogens is 136 g/mol. The van der Waals surface area contributed by atoms with Crippen LogP contribution in [0.5, 0.6) is 0 Å². The van der Waals surface area contributed by atoms with Crippen LogP contribution >= 0.6 is 0 Å². The molecule has 0 aromatic rings. The number of hydrogen-bond donors (Lipinski definition) is 1. The highest BCUT2D eigenvalue weighted by Gasteiger charge is 2.11. The van der Waals surface area contributed by atoms with Crippen LogP contribution in [0, 0.1) is 5.92 Å². The Labute approximate surface area is 70.8 Å². The number of rotatable bonds is 6. The Balaban J connectivity index is 3.38. The zero-order chi connectivity index (χ0) is 8.69. The van der Waals surface area contributed by atoms with Crippen molar-refractivity contribution in [2.45, 2.75) is 59.0 Å². The number of unbranched alkanes of at least 4 members (excludes halogenated alkanes) is 1. The molecule has 1 heteroatoms. The first-order valence-corrected chi connectivity index (χ1v) is 4.90. The second-order valence-electron chi connectivity index (χ2n) is 3.48. The van der Waals surface area contributed by atoms with Crippen molar-refractivity contribution in [1.82, 2.24) is 0 Å². The second kappa shape index (κ2) is 6.66. The monoisotopic (exact) mass is 158 g/mol. The van der Waals surface area contributed by atoms with Gasteiger partial charge in [-0.15, -0.1) is 0 Å². The molecule has 1 nitrogen and oxygen atoms in total. The fraction of sp³-hybridized carbons (Fsp3) is 1.00. The first kappa shape index (κ1) is 11.0. The Bertz CT molecular complexity index is 80.9. The SMILES string of the molecule is CCCC[C@@H](O)C(C)CCC. The largest absolute Gasteiger partial charge is 0.393 e. The van der Waals surface area contributed by atoms with E-state index in [1.807, 2.05) is 0 Å². The van der Waals surface area contributed by atoms with E-state index in [1.54, 1.807) is 0 Å². The van der Waals surface area contributed by atoms with E-state index in [-0.39, 0.29) is 6.10 Å². The lowest BCUT2D eigenvalue weighted by Crippen LogP contribution is -2.16. The van der Waals surface area contributed by atoms with E-state index in [4.69, 9.17) is 0 Å². The Kier molecular flexibility index (Phi) is 6.63. The molecule has 0 aromatic heterocycles. The lowest BCUT2D eigenvalue weighted by Gasteiger charge is -2.17. The van der Waals surface area contributed by atoms with Crippen LogP contribution in [0.3, 0.4) is 0 Å².